The molecule has 1 saturated heterocycles. The number of nitrogens with one attached hydrogen (secondary N) is 2. The largest absolute Gasteiger partial charge is 0.497 e. The first-order valence-electron chi connectivity index (χ1n) is 11.3. The maximum Gasteiger partial charge on any atom is 0.340 e. The molecule has 2 amide bonds. The van der Waals surface area contributed by atoms with Crippen LogP contribution in [0.4, 0.5) is 0 Å². The molecule has 1 fully saturated rings. The summed E-state index contributed by atoms with van der Waals surface area (Å²) >= 11 is 0. The number of benzene rings is 1. The van der Waals surface area contributed by atoms with E-state index >= 15 is 0 Å². The van der Waals surface area contributed by atoms with Crippen LogP contribution in [0.15, 0.2) is 24.3 Å². The number of hydrogen-bond acceptors (Lipinski definition) is 5. The van der Waals surface area contributed by atoms with Gasteiger partial charge in [-0.1, -0.05) is 12.1 Å². The van der Waals surface area contributed by atoms with Crippen molar-refractivity contribution in [2.75, 3.05) is 20.2 Å². The van der Waals surface area contributed by atoms with Gasteiger partial charge in [0.2, 0.25) is 5.91 Å². The molecule has 2 aromatic rings. The van der Waals surface area contributed by atoms with E-state index in [1.54, 1.807) is 39.7 Å². The molecule has 0 spiro atoms. The number of ether oxygens (including phenoxy) is 2. The van der Waals surface area contributed by atoms with Crippen LogP contribution in [0.25, 0.3) is 0 Å². The molecule has 3 rings (SSSR count). The number of piperidine rings is 1. The minimum Gasteiger partial charge on any atom is -0.497 e. The van der Waals surface area contributed by atoms with Crippen molar-refractivity contribution in [3.63, 3.8) is 0 Å². The van der Waals surface area contributed by atoms with Crippen LogP contribution in [0.1, 0.15) is 64.4 Å². The van der Waals surface area contributed by atoms with Gasteiger partial charge in [-0.2, -0.15) is 0 Å². The van der Waals surface area contributed by atoms with E-state index in [0.29, 0.717) is 42.1 Å². The van der Waals surface area contributed by atoms with Crippen LogP contribution >= 0.6 is 0 Å². The number of aryl methyl sites for hydroxylation is 1. The van der Waals surface area contributed by atoms with E-state index in [1.807, 2.05) is 24.3 Å². The summed E-state index contributed by atoms with van der Waals surface area (Å²) in [5, 5.41) is 2.98. The number of aromatic nitrogens is 1. The Hall–Kier alpha value is -3.29. The Morgan fingerprint density at radius 3 is 2.52 bits per heavy atom. The summed E-state index contributed by atoms with van der Waals surface area (Å²) in [5.74, 6) is -0.217. The molecule has 1 aromatic carbocycles. The Kier molecular flexibility index (Phi) is 7.79. The molecule has 0 bridgehead atoms. The molecule has 2 N–H and O–H groups in total. The van der Waals surface area contributed by atoms with Gasteiger partial charge in [0, 0.05) is 25.3 Å². The number of aromatic amines is 1. The van der Waals surface area contributed by atoms with Gasteiger partial charge in [0.05, 0.1) is 24.7 Å². The van der Waals surface area contributed by atoms with E-state index in [4.69, 9.17) is 9.47 Å². The zero-order chi connectivity index (χ0) is 24.1. The first kappa shape index (κ1) is 24.4. The van der Waals surface area contributed by atoms with Crippen molar-refractivity contribution in [1.82, 2.24) is 15.2 Å². The van der Waals surface area contributed by atoms with Crippen molar-refractivity contribution < 1.29 is 23.9 Å². The molecular weight excluding hydrogens is 422 g/mol. The average Bonchev–Trinajstić information content (AvgIpc) is 3.10. The Balaban J connectivity index is 1.64. The summed E-state index contributed by atoms with van der Waals surface area (Å²) in [4.78, 5) is 43.2. The number of esters is 1. The molecule has 2 heterocycles. The minimum atomic E-state index is -0.440. The third kappa shape index (κ3) is 5.74. The third-order valence-corrected chi connectivity index (χ3v) is 5.90. The van der Waals surface area contributed by atoms with Gasteiger partial charge in [0.1, 0.15) is 11.4 Å². The van der Waals surface area contributed by atoms with E-state index in [0.717, 1.165) is 24.2 Å². The van der Waals surface area contributed by atoms with E-state index < -0.39 is 5.97 Å². The zero-order valence-corrected chi connectivity index (χ0v) is 20.0. The number of nitrogens with zero attached hydrogens (tertiary/aromatic N) is 1. The summed E-state index contributed by atoms with van der Waals surface area (Å²) in [6, 6.07) is 7.53. The number of methoxy groups -OCH3 is 1. The highest BCUT2D eigenvalue weighted by atomic mass is 16.5. The Morgan fingerprint density at radius 2 is 1.88 bits per heavy atom. The molecule has 0 aliphatic carbocycles. The summed E-state index contributed by atoms with van der Waals surface area (Å²) in [6.45, 7) is 8.41. The van der Waals surface area contributed by atoms with Crippen LogP contribution in [-0.2, 0) is 16.1 Å². The number of likely N-dealkylation sites (tertiary alicyclic amines) is 1. The molecule has 8 nitrogen and oxygen atoms in total. The molecule has 8 heteroatoms. The lowest BCUT2D eigenvalue weighted by atomic mass is 9.96. The predicted octanol–water partition coefficient (Wildman–Crippen LogP) is 3.37. The molecule has 0 saturated carbocycles. The lowest BCUT2D eigenvalue weighted by Gasteiger charge is -2.32. The highest BCUT2D eigenvalue weighted by Crippen LogP contribution is 2.24. The van der Waals surface area contributed by atoms with Gasteiger partial charge in [-0.25, -0.2) is 4.79 Å². The Bertz CT molecular complexity index is 1010. The molecule has 1 aromatic heterocycles. The highest BCUT2D eigenvalue weighted by molar-refractivity contribution is 6.00. The fourth-order valence-corrected chi connectivity index (χ4v) is 4.15. The van der Waals surface area contributed by atoms with Crippen molar-refractivity contribution in [3.05, 3.63) is 52.3 Å². The third-order valence-electron chi connectivity index (χ3n) is 5.90. The van der Waals surface area contributed by atoms with E-state index in [2.05, 4.69) is 10.3 Å². The quantitative estimate of drug-likeness (QED) is 0.624. The van der Waals surface area contributed by atoms with E-state index in [-0.39, 0.29) is 23.8 Å². The summed E-state index contributed by atoms with van der Waals surface area (Å²) < 4.78 is 10.5. The molecule has 1 atom stereocenters. The van der Waals surface area contributed by atoms with E-state index in [9.17, 15) is 14.4 Å². The predicted molar refractivity (Wildman–Crippen MR) is 124 cm³/mol. The first-order chi connectivity index (χ1) is 15.7. The lowest BCUT2D eigenvalue weighted by Crippen LogP contribution is -2.45. The second-order valence-corrected chi connectivity index (χ2v) is 8.74. The van der Waals surface area contributed by atoms with Crippen molar-refractivity contribution in [1.29, 1.82) is 0 Å². The smallest absolute Gasteiger partial charge is 0.340 e. The van der Waals surface area contributed by atoms with Crippen LogP contribution in [0.3, 0.4) is 0 Å². The first-order valence-corrected chi connectivity index (χ1v) is 11.3. The Labute approximate surface area is 194 Å². The number of H-pyrrole nitrogens is 1. The maximum atomic E-state index is 13.2. The van der Waals surface area contributed by atoms with Gasteiger partial charge in [-0.3, -0.25) is 9.59 Å². The maximum absolute atomic E-state index is 13.2. The molecule has 178 valence electrons. The van der Waals surface area contributed by atoms with Crippen LogP contribution in [0.2, 0.25) is 0 Å². The number of rotatable bonds is 7. The summed E-state index contributed by atoms with van der Waals surface area (Å²) in [6.07, 6.45) is 1.23. The van der Waals surface area contributed by atoms with Crippen LogP contribution < -0.4 is 10.1 Å². The lowest BCUT2D eigenvalue weighted by molar-refractivity contribution is -0.126. The Morgan fingerprint density at radius 1 is 1.18 bits per heavy atom. The van der Waals surface area contributed by atoms with Gasteiger partial charge in [-0.15, -0.1) is 0 Å². The SMILES string of the molecule is COc1ccc(CNC(=O)[C@@H]2CCCN(C(=O)c3[nH]c(C)c(C(=O)OC(C)C)c3C)C2)cc1. The number of amides is 2. The highest BCUT2D eigenvalue weighted by Gasteiger charge is 2.32. The topological polar surface area (TPSA) is 101 Å². The summed E-state index contributed by atoms with van der Waals surface area (Å²) in [5.41, 5.74) is 2.94. The van der Waals surface area contributed by atoms with Gasteiger partial charge in [0.15, 0.2) is 0 Å². The number of hydrogen-bond donors (Lipinski definition) is 2. The van der Waals surface area contributed by atoms with Crippen LogP contribution in [0, 0.1) is 19.8 Å². The van der Waals surface area contributed by atoms with Gasteiger partial charge in [-0.05, 0) is 63.8 Å². The van der Waals surface area contributed by atoms with Gasteiger partial charge < -0.3 is 24.7 Å². The second-order valence-electron chi connectivity index (χ2n) is 8.74. The number of carbonyl (C=O) groups excluding carboxylic acids is 3. The van der Waals surface area contributed by atoms with Crippen LogP contribution in [-0.4, -0.2) is 54.0 Å². The molecule has 33 heavy (non-hydrogen) atoms. The standard InChI is InChI=1S/C25H33N3O5/c1-15(2)33-25(31)21-16(3)22(27-17(21)4)24(30)28-12-6-7-19(14-28)23(29)26-13-18-8-10-20(32-5)11-9-18/h8-11,15,19,27H,6-7,12-14H2,1-5H3,(H,26,29)/t19-/m1/s1. The fourth-order valence-electron chi connectivity index (χ4n) is 4.15. The van der Waals surface area contributed by atoms with Crippen molar-refractivity contribution in [3.8, 4) is 5.75 Å². The molecular formula is C25H33N3O5. The summed E-state index contributed by atoms with van der Waals surface area (Å²) in [7, 11) is 1.61. The van der Waals surface area contributed by atoms with E-state index in [1.165, 1.54) is 0 Å². The monoisotopic (exact) mass is 455 g/mol. The zero-order valence-electron chi connectivity index (χ0n) is 20.0. The second kappa shape index (κ2) is 10.6. The van der Waals surface area contributed by atoms with Crippen molar-refractivity contribution >= 4 is 17.8 Å². The molecule has 1 aliphatic heterocycles. The van der Waals surface area contributed by atoms with Crippen molar-refractivity contribution in [2.45, 2.75) is 53.2 Å². The van der Waals surface area contributed by atoms with Crippen LogP contribution in [0.5, 0.6) is 5.75 Å². The van der Waals surface area contributed by atoms with Crippen molar-refractivity contribution in [2.24, 2.45) is 5.92 Å². The van der Waals surface area contributed by atoms with Gasteiger partial charge >= 0.3 is 5.97 Å². The average molecular weight is 456 g/mol. The fraction of sp³-hybridized carbons (Fsp3) is 0.480. The molecule has 0 unspecified atom stereocenters. The molecule has 1 aliphatic rings. The number of carbonyl (C=O) groups is 3. The minimum absolute atomic E-state index is 0.0658. The normalized spacial score (nSPS) is 15.9. The van der Waals surface area contributed by atoms with Gasteiger partial charge in [0.25, 0.3) is 5.91 Å². The molecule has 0 radical (unpaired) electrons.